The molecule has 0 bridgehead atoms. The Labute approximate surface area is 146 Å². The Hall–Kier alpha value is -2.69. The van der Waals surface area contributed by atoms with Crippen LogP contribution < -0.4 is 10.0 Å². The quantitative estimate of drug-likeness (QED) is 0.831. The van der Waals surface area contributed by atoms with Crippen LogP contribution in [0.15, 0.2) is 53.4 Å². The minimum absolute atomic E-state index is 0.00871. The Morgan fingerprint density at radius 3 is 2.52 bits per heavy atom. The summed E-state index contributed by atoms with van der Waals surface area (Å²) in [6.45, 7) is 0. The largest absolute Gasteiger partial charge is 0.322 e. The molecule has 0 radical (unpaired) electrons. The molecule has 1 aliphatic carbocycles. The number of anilines is 1. The van der Waals surface area contributed by atoms with E-state index in [1.165, 1.54) is 12.1 Å². The summed E-state index contributed by atoms with van der Waals surface area (Å²) in [5.41, 5.74) is 1.70. The summed E-state index contributed by atoms with van der Waals surface area (Å²) >= 11 is 0. The van der Waals surface area contributed by atoms with Crippen LogP contribution in [0.2, 0.25) is 0 Å². The fourth-order valence-electron chi connectivity index (χ4n) is 2.29. The third-order valence-corrected chi connectivity index (χ3v) is 5.32. The molecule has 0 aromatic heterocycles. The summed E-state index contributed by atoms with van der Waals surface area (Å²) in [5.74, 6) is -0.392. The maximum absolute atomic E-state index is 12.4. The van der Waals surface area contributed by atoms with Gasteiger partial charge in [-0.05, 0) is 48.7 Å². The molecular weight excluding hydrogens is 338 g/mol. The number of rotatable bonds is 6. The minimum atomic E-state index is -3.60. The summed E-state index contributed by atoms with van der Waals surface area (Å²) in [5, 5.41) is 11.4. The van der Waals surface area contributed by atoms with E-state index in [1.54, 1.807) is 36.4 Å². The van der Waals surface area contributed by atoms with Crippen LogP contribution in [0.3, 0.4) is 0 Å². The number of nitriles is 1. The van der Waals surface area contributed by atoms with Crippen LogP contribution in [0.4, 0.5) is 5.69 Å². The van der Waals surface area contributed by atoms with E-state index in [9.17, 15) is 13.2 Å². The molecular formula is C18H17N3O3S. The molecule has 0 saturated heterocycles. The minimum Gasteiger partial charge on any atom is -0.322 e. The SMILES string of the molecule is N#CCc1ccc(NC(=O)c2cccc(S(=O)(=O)NC3CC3)c2)cc1. The lowest BCUT2D eigenvalue weighted by Gasteiger charge is -2.09. The number of nitrogens with zero attached hydrogens (tertiary/aromatic N) is 1. The molecule has 7 heteroatoms. The fourth-order valence-corrected chi connectivity index (χ4v) is 3.64. The third kappa shape index (κ3) is 4.44. The maximum atomic E-state index is 12.4. The second-order valence-electron chi connectivity index (χ2n) is 5.91. The Kier molecular flexibility index (Phi) is 4.83. The molecule has 0 heterocycles. The highest BCUT2D eigenvalue weighted by molar-refractivity contribution is 7.89. The second-order valence-corrected chi connectivity index (χ2v) is 7.62. The van der Waals surface area contributed by atoms with Crippen LogP contribution in [0.5, 0.6) is 0 Å². The number of sulfonamides is 1. The lowest BCUT2D eigenvalue weighted by Crippen LogP contribution is -2.26. The molecule has 1 amide bonds. The Balaban J connectivity index is 1.74. The maximum Gasteiger partial charge on any atom is 0.255 e. The molecule has 1 aliphatic rings. The van der Waals surface area contributed by atoms with Crippen LogP contribution in [-0.4, -0.2) is 20.4 Å². The van der Waals surface area contributed by atoms with Gasteiger partial charge in [-0.2, -0.15) is 5.26 Å². The first-order chi connectivity index (χ1) is 12.0. The van der Waals surface area contributed by atoms with Gasteiger partial charge in [0, 0.05) is 17.3 Å². The molecule has 1 saturated carbocycles. The predicted octanol–water partition coefficient (Wildman–Crippen LogP) is 2.45. The number of carbonyl (C=O) groups excluding carboxylic acids is 1. The van der Waals surface area contributed by atoms with E-state index in [-0.39, 0.29) is 16.5 Å². The van der Waals surface area contributed by atoms with Gasteiger partial charge in [-0.25, -0.2) is 13.1 Å². The first-order valence-electron chi connectivity index (χ1n) is 7.87. The van der Waals surface area contributed by atoms with Crippen molar-refractivity contribution in [2.75, 3.05) is 5.32 Å². The Morgan fingerprint density at radius 2 is 1.88 bits per heavy atom. The molecule has 1 fully saturated rings. The Morgan fingerprint density at radius 1 is 1.16 bits per heavy atom. The van der Waals surface area contributed by atoms with Crippen molar-refractivity contribution in [3.63, 3.8) is 0 Å². The molecule has 128 valence electrons. The molecule has 6 nitrogen and oxygen atoms in total. The fraction of sp³-hybridized carbons (Fsp3) is 0.222. The van der Waals surface area contributed by atoms with E-state index in [0.29, 0.717) is 12.1 Å². The van der Waals surface area contributed by atoms with Gasteiger partial charge in [-0.15, -0.1) is 0 Å². The van der Waals surface area contributed by atoms with Crippen LogP contribution in [0.1, 0.15) is 28.8 Å². The zero-order valence-corrected chi connectivity index (χ0v) is 14.2. The van der Waals surface area contributed by atoms with Crippen LogP contribution >= 0.6 is 0 Å². The first-order valence-corrected chi connectivity index (χ1v) is 9.36. The third-order valence-electron chi connectivity index (χ3n) is 3.80. The highest BCUT2D eigenvalue weighted by atomic mass is 32.2. The molecule has 0 aliphatic heterocycles. The van der Waals surface area contributed by atoms with Crippen molar-refractivity contribution in [1.29, 1.82) is 5.26 Å². The van der Waals surface area contributed by atoms with Gasteiger partial charge >= 0.3 is 0 Å². The van der Waals surface area contributed by atoms with Gasteiger partial charge in [0.1, 0.15) is 0 Å². The van der Waals surface area contributed by atoms with Gasteiger partial charge in [0.2, 0.25) is 10.0 Å². The van der Waals surface area contributed by atoms with Crippen LogP contribution in [0.25, 0.3) is 0 Å². The zero-order chi connectivity index (χ0) is 17.9. The highest BCUT2D eigenvalue weighted by Crippen LogP contribution is 2.22. The van der Waals surface area contributed by atoms with E-state index < -0.39 is 15.9 Å². The van der Waals surface area contributed by atoms with Gasteiger partial charge in [0.05, 0.1) is 17.4 Å². The van der Waals surface area contributed by atoms with Crippen LogP contribution in [-0.2, 0) is 16.4 Å². The number of hydrogen-bond acceptors (Lipinski definition) is 4. The topological polar surface area (TPSA) is 99.1 Å². The van der Waals surface area contributed by atoms with Crippen molar-refractivity contribution in [3.8, 4) is 6.07 Å². The van der Waals surface area contributed by atoms with E-state index in [1.807, 2.05) is 0 Å². The van der Waals surface area contributed by atoms with Crippen molar-refractivity contribution < 1.29 is 13.2 Å². The summed E-state index contributed by atoms with van der Waals surface area (Å²) in [7, 11) is -3.60. The molecule has 0 unspecified atom stereocenters. The van der Waals surface area contributed by atoms with Crippen molar-refractivity contribution in [2.45, 2.75) is 30.2 Å². The summed E-state index contributed by atoms with van der Waals surface area (Å²) in [6, 6.07) is 15.0. The van der Waals surface area contributed by atoms with Gasteiger partial charge < -0.3 is 5.32 Å². The number of nitrogens with one attached hydrogen (secondary N) is 2. The van der Waals surface area contributed by atoms with Crippen molar-refractivity contribution >= 4 is 21.6 Å². The molecule has 2 aromatic carbocycles. The first kappa shape index (κ1) is 17.1. The smallest absolute Gasteiger partial charge is 0.255 e. The lowest BCUT2D eigenvalue weighted by atomic mass is 10.1. The molecule has 2 N–H and O–H groups in total. The summed E-state index contributed by atoms with van der Waals surface area (Å²) in [4.78, 5) is 12.4. The van der Waals surface area contributed by atoms with Gasteiger partial charge in [0.25, 0.3) is 5.91 Å². The number of hydrogen-bond donors (Lipinski definition) is 2. The van der Waals surface area contributed by atoms with Crippen LogP contribution in [0, 0.1) is 11.3 Å². The average Bonchev–Trinajstić information content (AvgIpc) is 3.40. The normalized spacial score (nSPS) is 13.9. The van der Waals surface area contributed by atoms with E-state index in [4.69, 9.17) is 5.26 Å². The predicted molar refractivity (Wildman–Crippen MR) is 93.5 cm³/mol. The van der Waals surface area contributed by atoms with E-state index in [2.05, 4.69) is 16.1 Å². The molecule has 25 heavy (non-hydrogen) atoms. The Bertz CT molecular complexity index is 927. The van der Waals surface area contributed by atoms with Crippen molar-refractivity contribution in [3.05, 3.63) is 59.7 Å². The number of benzene rings is 2. The number of amides is 1. The highest BCUT2D eigenvalue weighted by Gasteiger charge is 2.28. The van der Waals surface area contributed by atoms with Gasteiger partial charge in [-0.3, -0.25) is 4.79 Å². The lowest BCUT2D eigenvalue weighted by molar-refractivity contribution is 0.102. The van der Waals surface area contributed by atoms with Gasteiger partial charge in [-0.1, -0.05) is 18.2 Å². The zero-order valence-electron chi connectivity index (χ0n) is 13.4. The molecule has 0 atom stereocenters. The molecule has 3 rings (SSSR count). The standard InChI is InChI=1S/C18H17N3O3S/c19-11-10-13-4-6-15(7-5-13)20-18(22)14-2-1-3-17(12-14)25(23,24)21-16-8-9-16/h1-7,12,16,21H,8-10H2,(H,20,22). The average molecular weight is 355 g/mol. The summed E-state index contributed by atoms with van der Waals surface area (Å²) < 4.78 is 27.1. The van der Waals surface area contributed by atoms with Gasteiger partial charge in [0.15, 0.2) is 0 Å². The second kappa shape index (κ2) is 7.05. The summed E-state index contributed by atoms with van der Waals surface area (Å²) in [6.07, 6.45) is 2.00. The van der Waals surface area contributed by atoms with E-state index >= 15 is 0 Å². The number of carbonyl (C=O) groups is 1. The van der Waals surface area contributed by atoms with Crippen molar-refractivity contribution in [2.24, 2.45) is 0 Å². The van der Waals surface area contributed by atoms with E-state index in [0.717, 1.165) is 18.4 Å². The molecule has 2 aromatic rings. The monoisotopic (exact) mass is 355 g/mol. The van der Waals surface area contributed by atoms with Crippen molar-refractivity contribution in [1.82, 2.24) is 4.72 Å². The molecule has 0 spiro atoms.